The van der Waals surface area contributed by atoms with E-state index in [1.807, 2.05) is 33.8 Å². The van der Waals surface area contributed by atoms with Gasteiger partial charge >= 0.3 is 7.12 Å². The van der Waals surface area contributed by atoms with E-state index in [2.05, 4.69) is 0 Å². The molecule has 0 aliphatic carbocycles. The second kappa shape index (κ2) is 8.38. The van der Waals surface area contributed by atoms with Gasteiger partial charge in [-0.15, -0.1) is 0 Å². The van der Waals surface area contributed by atoms with Gasteiger partial charge in [0.05, 0.1) is 29.4 Å². The first kappa shape index (κ1) is 21.1. The number of halogens is 1. The lowest BCUT2D eigenvalue weighted by Gasteiger charge is -2.32. The van der Waals surface area contributed by atoms with E-state index >= 15 is 4.39 Å². The van der Waals surface area contributed by atoms with Gasteiger partial charge in [-0.1, -0.05) is 0 Å². The molecule has 6 nitrogen and oxygen atoms in total. The standard InChI is InChI=1S/C20H27BFNO5/c1-19(2)20(3,4)28-21(27-19)17-14(13-23)8-9-15(18(17)22)24-11-12-26-16-7-5-6-10-25-16/h8-9,16H,5-7,10-12H2,1-4H3. The molecule has 2 fully saturated rings. The molecule has 0 spiro atoms. The van der Waals surface area contributed by atoms with Crippen LogP contribution < -0.4 is 10.2 Å². The normalized spacial score (nSPS) is 23.4. The summed E-state index contributed by atoms with van der Waals surface area (Å²) < 4.78 is 43.6. The van der Waals surface area contributed by atoms with Crippen molar-refractivity contribution in [2.24, 2.45) is 0 Å². The maximum atomic E-state index is 15.2. The molecule has 1 atom stereocenters. The van der Waals surface area contributed by atoms with E-state index in [9.17, 15) is 5.26 Å². The molecule has 152 valence electrons. The average molecular weight is 391 g/mol. The van der Waals surface area contributed by atoms with Gasteiger partial charge in [0.25, 0.3) is 0 Å². The molecular formula is C20H27BFNO5. The lowest BCUT2D eigenvalue weighted by Crippen LogP contribution is -2.41. The molecule has 0 aromatic heterocycles. The van der Waals surface area contributed by atoms with Crippen LogP contribution in [0.25, 0.3) is 0 Å². The molecule has 2 aliphatic rings. The SMILES string of the molecule is CC1(C)OB(c2c(C#N)ccc(OCCOC3CCCCO3)c2F)OC1(C)C. The van der Waals surface area contributed by atoms with Crippen LogP contribution >= 0.6 is 0 Å². The van der Waals surface area contributed by atoms with Crippen LogP contribution in [0.5, 0.6) is 5.75 Å². The Balaban J connectivity index is 1.69. The summed E-state index contributed by atoms with van der Waals surface area (Å²) in [6.45, 7) is 8.67. The lowest BCUT2D eigenvalue weighted by atomic mass is 9.75. The third-order valence-corrected chi connectivity index (χ3v) is 5.54. The fourth-order valence-corrected chi connectivity index (χ4v) is 3.15. The summed E-state index contributed by atoms with van der Waals surface area (Å²) in [5.41, 5.74) is -1.05. The van der Waals surface area contributed by atoms with Crippen LogP contribution in [-0.2, 0) is 18.8 Å². The molecule has 0 radical (unpaired) electrons. The molecule has 2 aliphatic heterocycles. The monoisotopic (exact) mass is 391 g/mol. The quantitative estimate of drug-likeness (QED) is 0.549. The van der Waals surface area contributed by atoms with Crippen LogP contribution in [0.3, 0.4) is 0 Å². The van der Waals surface area contributed by atoms with Crippen molar-refractivity contribution in [1.82, 2.24) is 0 Å². The minimum Gasteiger partial charge on any atom is -0.488 e. The highest BCUT2D eigenvalue weighted by atomic mass is 19.1. The molecule has 1 aromatic carbocycles. The minimum absolute atomic E-state index is 0.0388. The first-order chi connectivity index (χ1) is 13.2. The second-order valence-corrected chi connectivity index (χ2v) is 8.05. The molecule has 3 rings (SSSR count). The van der Waals surface area contributed by atoms with Gasteiger partial charge in [0.1, 0.15) is 6.61 Å². The Morgan fingerprint density at radius 1 is 1.18 bits per heavy atom. The topological polar surface area (TPSA) is 69.9 Å². The van der Waals surface area contributed by atoms with Crippen LogP contribution in [0.4, 0.5) is 4.39 Å². The van der Waals surface area contributed by atoms with E-state index in [0.717, 1.165) is 19.3 Å². The first-order valence-corrected chi connectivity index (χ1v) is 9.69. The molecule has 1 unspecified atom stereocenters. The fraction of sp³-hybridized carbons (Fsp3) is 0.650. The van der Waals surface area contributed by atoms with E-state index in [1.165, 1.54) is 12.1 Å². The van der Waals surface area contributed by atoms with Crippen LogP contribution in [-0.4, -0.2) is 44.4 Å². The average Bonchev–Trinajstić information content (AvgIpc) is 2.87. The zero-order valence-electron chi connectivity index (χ0n) is 16.9. The highest BCUT2D eigenvalue weighted by Crippen LogP contribution is 2.37. The summed E-state index contributed by atoms with van der Waals surface area (Å²) in [6.07, 6.45) is 2.77. The molecule has 8 heteroatoms. The smallest absolute Gasteiger partial charge is 0.488 e. The predicted octanol–water partition coefficient (Wildman–Crippen LogP) is 2.92. The number of rotatable bonds is 6. The maximum Gasteiger partial charge on any atom is 0.499 e. The first-order valence-electron chi connectivity index (χ1n) is 9.69. The van der Waals surface area contributed by atoms with Gasteiger partial charge in [0, 0.05) is 12.1 Å². The molecule has 0 bridgehead atoms. The number of ether oxygens (including phenoxy) is 3. The number of hydrogen-bond donors (Lipinski definition) is 0. The summed E-state index contributed by atoms with van der Waals surface area (Å²) in [7, 11) is -0.977. The van der Waals surface area contributed by atoms with Crippen molar-refractivity contribution in [1.29, 1.82) is 5.26 Å². The largest absolute Gasteiger partial charge is 0.499 e. The molecular weight excluding hydrogens is 364 g/mol. The summed E-state index contributed by atoms with van der Waals surface area (Å²) >= 11 is 0. The summed E-state index contributed by atoms with van der Waals surface area (Å²) in [5, 5.41) is 9.41. The Morgan fingerprint density at radius 2 is 1.89 bits per heavy atom. The molecule has 2 saturated heterocycles. The van der Waals surface area contributed by atoms with Gasteiger partial charge in [-0.05, 0) is 59.1 Å². The highest BCUT2D eigenvalue weighted by molar-refractivity contribution is 6.63. The Hall–Kier alpha value is -1.66. The van der Waals surface area contributed by atoms with Crippen molar-refractivity contribution in [3.05, 3.63) is 23.5 Å². The fourth-order valence-electron chi connectivity index (χ4n) is 3.15. The number of benzene rings is 1. The molecule has 2 heterocycles. The van der Waals surface area contributed by atoms with Crippen LogP contribution in [0.2, 0.25) is 0 Å². The number of nitrogens with zero attached hydrogens (tertiary/aromatic N) is 1. The number of nitriles is 1. The van der Waals surface area contributed by atoms with Crippen molar-refractivity contribution >= 4 is 12.6 Å². The molecule has 0 amide bonds. The van der Waals surface area contributed by atoms with E-state index in [-0.39, 0.29) is 36.3 Å². The van der Waals surface area contributed by atoms with Crippen molar-refractivity contribution in [2.45, 2.75) is 64.4 Å². The Kier molecular flexibility index (Phi) is 6.30. The molecule has 1 aromatic rings. The van der Waals surface area contributed by atoms with Gasteiger partial charge in [-0.2, -0.15) is 5.26 Å². The lowest BCUT2D eigenvalue weighted by molar-refractivity contribution is -0.165. The van der Waals surface area contributed by atoms with Crippen molar-refractivity contribution in [3.63, 3.8) is 0 Å². The number of hydrogen-bond acceptors (Lipinski definition) is 6. The van der Waals surface area contributed by atoms with Crippen molar-refractivity contribution < 1.29 is 27.9 Å². The molecule has 28 heavy (non-hydrogen) atoms. The predicted molar refractivity (Wildman–Crippen MR) is 102 cm³/mol. The Bertz CT molecular complexity index is 727. The third-order valence-electron chi connectivity index (χ3n) is 5.54. The van der Waals surface area contributed by atoms with Crippen LogP contribution in [0.1, 0.15) is 52.5 Å². The van der Waals surface area contributed by atoms with Gasteiger partial charge in [0.2, 0.25) is 0 Å². The van der Waals surface area contributed by atoms with Crippen LogP contribution in [0, 0.1) is 17.1 Å². The summed E-state index contributed by atoms with van der Waals surface area (Å²) in [5.74, 6) is -0.608. The second-order valence-electron chi connectivity index (χ2n) is 8.05. The summed E-state index contributed by atoms with van der Waals surface area (Å²) in [4.78, 5) is 0. The van der Waals surface area contributed by atoms with Gasteiger partial charge < -0.3 is 23.5 Å². The summed E-state index contributed by atoms with van der Waals surface area (Å²) in [6, 6.07) is 4.97. The van der Waals surface area contributed by atoms with Gasteiger partial charge in [0.15, 0.2) is 17.9 Å². The van der Waals surface area contributed by atoms with Crippen molar-refractivity contribution in [3.8, 4) is 11.8 Å². The van der Waals surface area contributed by atoms with E-state index in [4.69, 9.17) is 23.5 Å². The zero-order chi connectivity index (χ0) is 20.4. The molecule has 0 N–H and O–H groups in total. The van der Waals surface area contributed by atoms with Gasteiger partial charge in [-0.3, -0.25) is 0 Å². The third kappa shape index (κ3) is 4.33. The van der Waals surface area contributed by atoms with Crippen molar-refractivity contribution in [2.75, 3.05) is 19.8 Å². The minimum atomic E-state index is -0.977. The maximum absolute atomic E-state index is 15.2. The highest BCUT2D eigenvalue weighted by Gasteiger charge is 2.53. The van der Waals surface area contributed by atoms with E-state index in [0.29, 0.717) is 6.61 Å². The zero-order valence-corrected chi connectivity index (χ0v) is 16.9. The molecule has 0 saturated carbocycles. The Morgan fingerprint density at radius 3 is 2.50 bits per heavy atom. The van der Waals surface area contributed by atoms with Gasteiger partial charge in [-0.25, -0.2) is 4.39 Å². The Labute approximate surface area is 166 Å². The van der Waals surface area contributed by atoms with E-state index in [1.54, 1.807) is 0 Å². The van der Waals surface area contributed by atoms with E-state index < -0.39 is 24.1 Å². The van der Waals surface area contributed by atoms with Crippen LogP contribution in [0.15, 0.2) is 12.1 Å².